The maximum absolute atomic E-state index is 11.8. The number of ether oxygens (including phenoxy) is 3. The molecular weight excluding hydrogens is 274 g/mol. The van der Waals surface area contributed by atoms with E-state index in [1.165, 1.54) is 7.11 Å². The van der Waals surface area contributed by atoms with Gasteiger partial charge < -0.3 is 19.5 Å². The van der Waals surface area contributed by atoms with E-state index in [4.69, 9.17) is 14.2 Å². The average Bonchev–Trinajstić information content (AvgIpc) is 3.04. The first-order valence-electron chi connectivity index (χ1n) is 6.88. The van der Waals surface area contributed by atoms with Crippen molar-refractivity contribution in [1.82, 2.24) is 5.32 Å². The first-order valence-corrected chi connectivity index (χ1v) is 6.88. The minimum absolute atomic E-state index is 0.0723. The zero-order valence-electron chi connectivity index (χ0n) is 12.0. The fourth-order valence-corrected chi connectivity index (χ4v) is 2.05. The molecule has 1 aliphatic heterocycles. The molecule has 0 bridgehead atoms. The van der Waals surface area contributed by atoms with Crippen molar-refractivity contribution in [2.75, 3.05) is 26.9 Å². The second-order valence-corrected chi connectivity index (χ2v) is 4.75. The van der Waals surface area contributed by atoms with E-state index < -0.39 is 5.97 Å². The van der Waals surface area contributed by atoms with Crippen molar-refractivity contribution in [2.24, 2.45) is 0 Å². The Labute approximate surface area is 123 Å². The zero-order valence-corrected chi connectivity index (χ0v) is 12.0. The van der Waals surface area contributed by atoms with Gasteiger partial charge in [0.25, 0.3) is 5.91 Å². The molecule has 0 spiro atoms. The SMILES string of the molecule is COc1cccc(C(=O)OCC(=O)NC[C@H]2CCCO2)c1. The molecule has 0 radical (unpaired) electrons. The lowest BCUT2D eigenvalue weighted by Crippen LogP contribution is -2.34. The van der Waals surface area contributed by atoms with Gasteiger partial charge in [-0.15, -0.1) is 0 Å². The number of esters is 1. The highest BCUT2D eigenvalue weighted by Crippen LogP contribution is 2.13. The monoisotopic (exact) mass is 293 g/mol. The first kappa shape index (κ1) is 15.3. The van der Waals surface area contributed by atoms with Gasteiger partial charge in [-0.2, -0.15) is 0 Å². The lowest BCUT2D eigenvalue weighted by molar-refractivity contribution is -0.124. The molecule has 1 saturated heterocycles. The largest absolute Gasteiger partial charge is 0.497 e. The van der Waals surface area contributed by atoms with Gasteiger partial charge in [-0.25, -0.2) is 4.79 Å². The highest BCUT2D eigenvalue weighted by atomic mass is 16.5. The van der Waals surface area contributed by atoms with Crippen LogP contribution in [0.3, 0.4) is 0 Å². The molecular formula is C15H19NO5. The van der Waals surface area contributed by atoms with Crippen LogP contribution in [0.25, 0.3) is 0 Å². The number of amides is 1. The number of carbonyl (C=O) groups is 2. The molecule has 1 fully saturated rings. The number of hydrogen-bond donors (Lipinski definition) is 1. The third-order valence-electron chi connectivity index (χ3n) is 3.19. The van der Waals surface area contributed by atoms with Crippen molar-refractivity contribution >= 4 is 11.9 Å². The van der Waals surface area contributed by atoms with Crippen molar-refractivity contribution < 1.29 is 23.8 Å². The number of rotatable bonds is 6. The smallest absolute Gasteiger partial charge is 0.338 e. The summed E-state index contributed by atoms with van der Waals surface area (Å²) < 4.78 is 15.4. The number of methoxy groups -OCH3 is 1. The van der Waals surface area contributed by atoms with Gasteiger partial charge in [-0.1, -0.05) is 6.07 Å². The molecule has 1 aromatic carbocycles. The van der Waals surface area contributed by atoms with Gasteiger partial charge >= 0.3 is 5.97 Å². The van der Waals surface area contributed by atoms with Gasteiger partial charge in [0.05, 0.1) is 18.8 Å². The van der Waals surface area contributed by atoms with Gasteiger partial charge in [0.1, 0.15) is 5.75 Å². The summed E-state index contributed by atoms with van der Waals surface area (Å²) in [5.74, 6) is -0.324. The number of hydrogen-bond acceptors (Lipinski definition) is 5. The standard InChI is InChI=1S/C15H19NO5/c1-19-12-5-2-4-11(8-12)15(18)21-10-14(17)16-9-13-6-3-7-20-13/h2,4-5,8,13H,3,6-7,9-10H2,1H3,(H,16,17)/t13-/m1/s1. The van der Waals surface area contributed by atoms with Crippen LogP contribution in [-0.2, 0) is 14.3 Å². The quantitative estimate of drug-likeness (QED) is 0.796. The molecule has 0 aliphatic carbocycles. The number of carbonyl (C=O) groups excluding carboxylic acids is 2. The van der Waals surface area contributed by atoms with Crippen molar-refractivity contribution in [3.8, 4) is 5.75 Å². The lowest BCUT2D eigenvalue weighted by Gasteiger charge is -2.11. The summed E-state index contributed by atoms with van der Waals surface area (Å²) in [4.78, 5) is 23.4. The second kappa shape index (κ2) is 7.64. The van der Waals surface area contributed by atoms with Crippen LogP contribution in [-0.4, -0.2) is 44.8 Å². The molecule has 21 heavy (non-hydrogen) atoms. The minimum Gasteiger partial charge on any atom is -0.497 e. The predicted octanol–water partition coefficient (Wildman–Crippen LogP) is 1.15. The molecule has 1 amide bonds. The molecule has 0 unspecified atom stereocenters. The molecule has 1 aliphatic rings. The van der Waals surface area contributed by atoms with Gasteiger partial charge in [0, 0.05) is 13.2 Å². The van der Waals surface area contributed by atoms with Gasteiger partial charge in [-0.3, -0.25) is 4.79 Å². The van der Waals surface area contributed by atoms with Gasteiger partial charge in [0.15, 0.2) is 6.61 Å². The summed E-state index contributed by atoms with van der Waals surface area (Å²) in [6, 6.07) is 6.58. The third-order valence-corrected chi connectivity index (χ3v) is 3.19. The molecule has 1 atom stereocenters. The predicted molar refractivity (Wildman–Crippen MR) is 75.3 cm³/mol. The summed E-state index contributed by atoms with van der Waals surface area (Å²) in [5.41, 5.74) is 0.348. The zero-order chi connectivity index (χ0) is 15.1. The lowest BCUT2D eigenvalue weighted by atomic mass is 10.2. The Kier molecular flexibility index (Phi) is 5.57. The van der Waals surface area contributed by atoms with Crippen LogP contribution >= 0.6 is 0 Å². The van der Waals surface area contributed by atoms with Crippen LogP contribution in [0.2, 0.25) is 0 Å². The Balaban J connectivity index is 1.73. The average molecular weight is 293 g/mol. The van der Waals surface area contributed by atoms with Crippen LogP contribution in [0, 0.1) is 0 Å². The van der Waals surface area contributed by atoms with Crippen LogP contribution in [0.5, 0.6) is 5.75 Å². The van der Waals surface area contributed by atoms with Crippen LogP contribution in [0.1, 0.15) is 23.2 Å². The molecule has 1 N–H and O–H groups in total. The topological polar surface area (TPSA) is 73.9 Å². The maximum Gasteiger partial charge on any atom is 0.338 e. The Morgan fingerprint density at radius 1 is 1.43 bits per heavy atom. The fraction of sp³-hybridized carbons (Fsp3) is 0.467. The molecule has 1 heterocycles. The molecule has 2 rings (SSSR count). The molecule has 6 heteroatoms. The number of benzene rings is 1. The maximum atomic E-state index is 11.8. The highest BCUT2D eigenvalue weighted by Gasteiger charge is 2.17. The van der Waals surface area contributed by atoms with E-state index in [1.807, 2.05) is 0 Å². The fourth-order valence-electron chi connectivity index (χ4n) is 2.05. The Bertz CT molecular complexity index is 497. The van der Waals surface area contributed by atoms with Crippen LogP contribution < -0.4 is 10.1 Å². The summed E-state index contributed by atoms with van der Waals surface area (Å²) in [6.07, 6.45) is 2.04. The summed E-state index contributed by atoms with van der Waals surface area (Å²) >= 11 is 0. The van der Waals surface area contributed by atoms with E-state index in [0.717, 1.165) is 19.4 Å². The molecule has 1 aromatic rings. The van der Waals surface area contributed by atoms with Crippen molar-refractivity contribution in [3.63, 3.8) is 0 Å². The van der Waals surface area contributed by atoms with Crippen LogP contribution in [0.4, 0.5) is 0 Å². The van der Waals surface area contributed by atoms with E-state index in [1.54, 1.807) is 24.3 Å². The molecule has 114 valence electrons. The summed E-state index contributed by atoms with van der Waals surface area (Å²) in [5, 5.41) is 2.69. The third kappa shape index (κ3) is 4.75. The van der Waals surface area contributed by atoms with E-state index in [9.17, 15) is 9.59 Å². The van der Waals surface area contributed by atoms with Gasteiger partial charge in [0.2, 0.25) is 0 Å². The Hall–Kier alpha value is -2.08. The van der Waals surface area contributed by atoms with E-state index in [-0.39, 0.29) is 18.6 Å². The van der Waals surface area contributed by atoms with Crippen molar-refractivity contribution in [1.29, 1.82) is 0 Å². The molecule has 0 saturated carbocycles. The van der Waals surface area contributed by atoms with E-state index in [2.05, 4.69) is 5.32 Å². The Morgan fingerprint density at radius 2 is 2.29 bits per heavy atom. The summed E-state index contributed by atoms with van der Waals surface area (Å²) in [6.45, 7) is 0.893. The molecule has 0 aromatic heterocycles. The van der Waals surface area contributed by atoms with Crippen molar-refractivity contribution in [2.45, 2.75) is 18.9 Å². The highest BCUT2D eigenvalue weighted by molar-refractivity contribution is 5.91. The molecule has 6 nitrogen and oxygen atoms in total. The van der Waals surface area contributed by atoms with Crippen LogP contribution in [0.15, 0.2) is 24.3 Å². The summed E-state index contributed by atoms with van der Waals surface area (Å²) in [7, 11) is 1.52. The van der Waals surface area contributed by atoms with Crippen molar-refractivity contribution in [3.05, 3.63) is 29.8 Å². The number of nitrogens with one attached hydrogen (secondary N) is 1. The van der Waals surface area contributed by atoms with Gasteiger partial charge in [-0.05, 0) is 31.0 Å². The first-order chi connectivity index (χ1) is 10.2. The van der Waals surface area contributed by atoms with E-state index in [0.29, 0.717) is 17.9 Å². The van der Waals surface area contributed by atoms with E-state index >= 15 is 0 Å². The normalized spacial score (nSPS) is 17.3. The Morgan fingerprint density at radius 3 is 3.00 bits per heavy atom. The minimum atomic E-state index is -0.554. The second-order valence-electron chi connectivity index (χ2n) is 4.75.